The molecule has 1 heterocycles. The van der Waals surface area contributed by atoms with Crippen molar-refractivity contribution >= 4 is 10.0 Å². The van der Waals surface area contributed by atoms with Gasteiger partial charge in [0.1, 0.15) is 0 Å². The standard InChI is InChI=1S/C12H26N2O2S/c1-11(2)5-3-4-8-14-17(15,16)12-6-9-13-10-7-12/h11-14H,3-10H2,1-2H3. The second kappa shape index (κ2) is 7.34. The highest BCUT2D eigenvalue weighted by atomic mass is 32.2. The summed E-state index contributed by atoms with van der Waals surface area (Å²) in [6, 6.07) is 0. The third-order valence-corrected chi connectivity index (χ3v) is 5.19. The van der Waals surface area contributed by atoms with E-state index in [1.54, 1.807) is 0 Å². The predicted octanol–water partition coefficient (Wildman–Crippen LogP) is 1.48. The first-order chi connectivity index (χ1) is 8.02. The van der Waals surface area contributed by atoms with Gasteiger partial charge in [0.25, 0.3) is 0 Å². The number of nitrogens with one attached hydrogen (secondary N) is 2. The van der Waals surface area contributed by atoms with E-state index >= 15 is 0 Å². The van der Waals surface area contributed by atoms with Gasteiger partial charge in [-0.15, -0.1) is 0 Å². The second-order valence-corrected chi connectivity index (χ2v) is 7.32. The zero-order valence-electron chi connectivity index (χ0n) is 11.0. The lowest BCUT2D eigenvalue weighted by Crippen LogP contribution is -2.41. The highest BCUT2D eigenvalue weighted by Crippen LogP contribution is 2.12. The van der Waals surface area contributed by atoms with Crippen LogP contribution in [0.3, 0.4) is 0 Å². The molecule has 1 fully saturated rings. The Hall–Kier alpha value is -0.130. The average molecular weight is 262 g/mol. The van der Waals surface area contributed by atoms with Gasteiger partial charge in [-0.25, -0.2) is 13.1 Å². The monoisotopic (exact) mass is 262 g/mol. The normalized spacial score (nSPS) is 18.8. The largest absolute Gasteiger partial charge is 0.317 e. The van der Waals surface area contributed by atoms with Crippen LogP contribution in [0.4, 0.5) is 0 Å². The SMILES string of the molecule is CC(C)CCCCNS(=O)(=O)C1CCNCC1. The molecular formula is C12H26N2O2S. The van der Waals surface area contributed by atoms with Gasteiger partial charge < -0.3 is 5.32 Å². The van der Waals surface area contributed by atoms with Crippen LogP contribution in [0.5, 0.6) is 0 Å². The highest BCUT2D eigenvalue weighted by molar-refractivity contribution is 7.90. The first-order valence-corrected chi connectivity index (χ1v) is 8.26. The summed E-state index contributed by atoms with van der Waals surface area (Å²) < 4.78 is 26.6. The maximum atomic E-state index is 11.9. The van der Waals surface area contributed by atoms with Gasteiger partial charge in [0.2, 0.25) is 10.0 Å². The molecule has 0 spiro atoms. The molecule has 0 saturated carbocycles. The first-order valence-electron chi connectivity index (χ1n) is 6.71. The number of hydrogen-bond acceptors (Lipinski definition) is 3. The number of unbranched alkanes of at least 4 members (excludes halogenated alkanes) is 1. The van der Waals surface area contributed by atoms with E-state index < -0.39 is 10.0 Å². The van der Waals surface area contributed by atoms with E-state index in [-0.39, 0.29) is 5.25 Å². The molecule has 5 heteroatoms. The van der Waals surface area contributed by atoms with E-state index in [0.717, 1.165) is 38.8 Å². The van der Waals surface area contributed by atoms with Crippen molar-refractivity contribution in [3.8, 4) is 0 Å². The highest BCUT2D eigenvalue weighted by Gasteiger charge is 2.26. The van der Waals surface area contributed by atoms with Crippen LogP contribution >= 0.6 is 0 Å². The Labute approximate surface area is 106 Å². The van der Waals surface area contributed by atoms with E-state index in [1.807, 2.05) is 0 Å². The lowest BCUT2D eigenvalue weighted by atomic mass is 10.1. The summed E-state index contributed by atoms with van der Waals surface area (Å²) in [6.07, 6.45) is 4.70. The van der Waals surface area contributed by atoms with Crippen molar-refractivity contribution in [3.63, 3.8) is 0 Å². The molecule has 0 bridgehead atoms. The summed E-state index contributed by atoms with van der Waals surface area (Å²) in [5.74, 6) is 0.705. The quantitative estimate of drug-likeness (QED) is 0.683. The number of sulfonamides is 1. The molecule has 1 aliphatic heterocycles. The fourth-order valence-corrected chi connectivity index (χ4v) is 3.64. The third-order valence-electron chi connectivity index (χ3n) is 3.24. The smallest absolute Gasteiger partial charge is 0.214 e. The van der Waals surface area contributed by atoms with Crippen molar-refractivity contribution in [3.05, 3.63) is 0 Å². The Balaban J connectivity index is 2.20. The molecule has 0 aromatic rings. The van der Waals surface area contributed by atoms with E-state index in [2.05, 4.69) is 23.9 Å². The molecule has 17 heavy (non-hydrogen) atoms. The van der Waals surface area contributed by atoms with E-state index in [1.165, 1.54) is 6.42 Å². The van der Waals surface area contributed by atoms with Crippen LogP contribution in [0.15, 0.2) is 0 Å². The molecule has 102 valence electrons. The van der Waals surface area contributed by atoms with Crippen LogP contribution in [0, 0.1) is 5.92 Å². The minimum absolute atomic E-state index is 0.186. The average Bonchev–Trinajstić information content (AvgIpc) is 2.29. The maximum Gasteiger partial charge on any atom is 0.214 e. The van der Waals surface area contributed by atoms with E-state index in [0.29, 0.717) is 12.5 Å². The Morgan fingerprint density at radius 1 is 1.24 bits per heavy atom. The molecule has 1 saturated heterocycles. The lowest BCUT2D eigenvalue weighted by molar-refractivity contribution is 0.486. The predicted molar refractivity (Wildman–Crippen MR) is 71.5 cm³/mol. The van der Waals surface area contributed by atoms with E-state index in [4.69, 9.17) is 0 Å². The molecule has 0 amide bonds. The fourth-order valence-electron chi connectivity index (χ4n) is 2.12. The summed E-state index contributed by atoms with van der Waals surface area (Å²) in [7, 11) is -3.07. The van der Waals surface area contributed by atoms with Crippen LogP contribution in [0.2, 0.25) is 0 Å². The number of rotatable bonds is 7. The second-order valence-electron chi connectivity index (χ2n) is 5.28. The van der Waals surface area contributed by atoms with Crippen LogP contribution in [-0.4, -0.2) is 33.3 Å². The van der Waals surface area contributed by atoms with Crippen molar-refractivity contribution in [2.75, 3.05) is 19.6 Å². The van der Waals surface area contributed by atoms with Crippen molar-refractivity contribution in [1.29, 1.82) is 0 Å². The third kappa shape index (κ3) is 5.84. The molecule has 2 N–H and O–H groups in total. The summed E-state index contributed by atoms with van der Waals surface area (Å²) >= 11 is 0. The zero-order chi connectivity index (χ0) is 12.7. The fraction of sp³-hybridized carbons (Fsp3) is 1.00. The molecule has 1 rings (SSSR count). The summed E-state index contributed by atoms with van der Waals surface area (Å²) in [5, 5.41) is 3.00. The van der Waals surface area contributed by atoms with Crippen LogP contribution in [-0.2, 0) is 10.0 Å². The van der Waals surface area contributed by atoms with Gasteiger partial charge in [0.15, 0.2) is 0 Å². The van der Waals surface area contributed by atoms with Gasteiger partial charge in [-0.2, -0.15) is 0 Å². The number of hydrogen-bond donors (Lipinski definition) is 2. The molecule has 0 aliphatic carbocycles. The minimum atomic E-state index is -3.07. The number of piperidine rings is 1. The van der Waals surface area contributed by atoms with Crippen molar-refractivity contribution in [2.45, 2.75) is 51.2 Å². The van der Waals surface area contributed by atoms with Gasteiger partial charge in [0.05, 0.1) is 5.25 Å². The summed E-state index contributed by atoms with van der Waals surface area (Å²) in [4.78, 5) is 0. The van der Waals surface area contributed by atoms with Crippen LogP contribution in [0.1, 0.15) is 46.0 Å². The maximum absolute atomic E-state index is 11.9. The molecule has 4 nitrogen and oxygen atoms in total. The first kappa shape index (κ1) is 14.9. The Morgan fingerprint density at radius 2 is 1.88 bits per heavy atom. The van der Waals surface area contributed by atoms with Crippen molar-refractivity contribution < 1.29 is 8.42 Å². The van der Waals surface area contributed by atoms with Gasteiger partial charge >= 0.3 is 0 Å². The molecular weight excluding hydrogens is 236 g/mol. The Kier molecular flexibility index (Phi) is 6.44. The Morgan fingerprint density at radius 3 is 2.47 bits per heavy atom. The van der Waals surface area contributed by atoms with Crippen molar-refractivity contribution in [1.82, 2.24) is 10.0 Å². The summed E-state index contributed by atoms with van der Waals surface area (Å²) in [5.41, 5.74) is 0. The van der Waals surface area contributed by atoms with Gasteiger partial charge in [0, 0.05) is 6.54 Å². The Bertz CT molecular complexity index is 296. The van der Waals surface area contributed by atoms with Gasteiger partial charge in [-0.1, -0.05) is 26.7 Å². The minimum Gasteiger partial charge on any atom is -0.317 e. The summed E-state index contributed by atoms with van der Waals surface area (Å²) in [6.45, 7) is 6.62. The molecule has 0 aromatic carbocycles. The van der Waals surface area contributed by atoms with Gasteiger partial charge in [-0.3, -0.25) is 0 Å². The molecule has 0 radical (unpaired) electrons. The molecule has 1 aliphatic rings. The van der Waals surface area contributed by atoms with E-state index in [9.17, 15) is 8.42 Å². The lowest BCUT2D eigenvalue weighted by Gasteiger charge is -2.22. The van der Waals surface area contributed by atoms with Crippen molar-refractivity contribution in [2.24, 2.45) is 5.92 Å². The molecule has 0 unspecified atom stereocenters. The van der Waals surface area contributed by atoms with Crippen LogP contribution < -0.4 is 10.0 Å². The molecule has 0 aromatic heterocycles. The van der Waals surface area contributed by atoms with Crippen LogP contribution in [0.25, 0.3) is 0 Å². The zero-order valence-corrected chi connectivity index (χ0v) is 11.9. The van der Waals surface area contributed by atoms with Gasteiger partial charge in [-0.05, 0) is 38.3 Å². The molecule has 0 atom stereocenters. The topological polar surface area (TPSA) is 58.2 Å².